The van der Waals surface area contributed by atoms with Gasteiger partial charge in [0.15, 0.2) is 10.7 Å². The fraction of sp³-hybridized carbons (Fsp3) is 0.250. The van der Waals surface area contributed by atoms with Gasteiger partial charge < -0.3 is 5.11 Å². The Morgan fingerprint density at radius 3 is 2.67 bits per heavy atom. The average Bonchev–Trinajstić information content (AvgIpc) is 2.99. The highest BCUT2D eigenvalue weighted by Crippen LogP contribution is 2.27. The molecule has 0 radical (unpaired) electrons. The largest absolute Gasteiger partial charge is 0.476 e. The van der Waals surface area contributed by atoms with Gasteiger partial charge in [0.1, 0.15) is 0 Å². The standard InChI is InChI=1S/C16H16N2O2S/c1-10(2)7-11-3-5-12(6-4-11)14-9-21-16-17-13(15(19)20)8-18(14)16/h3-6,8-10H,7H2,1-2H3,(H,19,20). The summed E-state index contributed by atoms with van der Waals surface area (Å²) in [5, 5.41) is 11.0. The number of fused-ring (bicyclic) bond motifs is 1. The zero-order chi connectivity index (χ0) is 15.0. The Balaban J connectivity index is 1.98. The van der Waals surface area contributed by atoms with Gasteiger partial charge in [-0.15, -0.1) is 11.3 Å². The number of rotatable bonds is 4. The van der Waals surface area contributed by atoms with E-state index >= 15 is 0 Å². The summed E-state index contributed by atoms with van der Waals surface area (Å²) >= 11 is 1.45. The third kappa shape index (κ3) is 2.69. The lowest BCUT2D eigenvalue weighted by Gasteiger charge is -2.06. The summed E-state index contributed by atoms with van der Waals surface area (Å²) < 4.78 is 1.84. The fourth-order valence-corrected chi connectivity index (χ4v) is 3.26. The minimum absolute atomic E-state index is 0.0829. The van der Waals surface area contributed by atoms with E-state index in [0.29, 0.717) is 10.9 Å². The first-order valence-corrected chi connectivity index (χ1v) is 7.72. The van der Waals surface area contributed by atoms with Crippen LogP contribution in [0.4, 0.5) is 0 Å². The zero-order valence-electron chi connectivity index (χ0n) is 11.9. The molecule has 21 heavy (non-hydrogen) atoms. The van der Waals surface area contributed by atoms with Crippen LogP contribution < -0.4 is 0 Å². The van der Waals surface area contributed by atoms with E-state index in [9.17, 15) is 4.79 Å². The van der Waals surface area contributed by atoms with Crippen molar-refractivity contribution in [3.05, 3.63) is 47.1 Å². The molecule has 0 atom stereocenters. The molecule has 2 heterocycles. The molecule has 0 aliphatic carbocycles. The molecular weight excluding hydrogens is 284 g/mol. The molecule has 3 aromatic rings. The molecule has 3 rings (SSSR count). The van der Waals surface area contributed by atoms with Gasteiger partial charge in [0, 0.05) is 11.6 Å². The first-order valence-electron chi connectivity index (χ1n) is 6.84. The van der Waals surface area contributed by atoms with Gasteiger partial charge in [-0.1, -0.05) is 38.1 Å². The maximum Gasteiger partial charge on any atom is 0.356 e. The van der Waals surface area contributed by atoms with Crippen LogP contribution in [-0.2, 0) is 6.42 Å². The number of carboxylic acids is 1. The summed E-state index contributed by atoms with van der Waals surface area (Å²) in [6, 6.07) is 8.43. The maximum absolute atomic E-state index is 11.0. The minimum Gasteiger partial charge on any atom is -0.476 e. The van der Waals surface area contributed by atoms with E-state index in [0.717, 1.165) is 17.7 Å². The second-order valence-corrected chi connectivity index (χ2v) is 6.34. The molecule has 0 saturated carbocycles. The molecule has 2 aromatic heterocycles. The van der Waals surface area contributed by atoms with Gasteiger partial charge in [-0.25, -0.2) is 9.78 Å². The number of imidazole rings is 1. The van der Waals surface area contributed by atoms with Gasteiger partial charge in [0.2, 0.25) is 0 Å². The molecule has 1 N–H and O–H groups in total. The van der Waals surface area contributed by atoms with Crippen LogP contribution in [-0.4, -0.2) is 20.5 Å². The second-order valence-electron chi connectivity index (χ2n) is 5.50. The molecule has 0 bridgehead atoms. The SMILES string of the molecule is CC(C)Cc1ccc(-c2csc3nc(C(=O)O)cn23)cc1. The normalized spacial score (nSPS) is 11.4. The molecule has 108 valence electrons. The topological polar surface area (TPSA) is 54.6 Å². The van der Waals surface area contributed by atoms with Gasteiger partial charge in [0.25, 0.3) is 0 Å². The van der Waals surface area contributed by atoms with Crippen LogP contribution in [0.15, 0.2) is 35.8 Å². The Labute approximate surface area is 126 Å². The Kier molecular flexibility index (Phi) is 3.51. The smallest absolute Gasteiger partial charge is 0.356 e. The summed E-state index contributed by atoms with van der Waals surface area (Å²) in [7, 11) is 0. The number of carbonyl (C=O) groups is 1. The van der Waals surface area contributed by atoms with Gasteiger partial charge in [-0.05, 0) is 23.5 Å². The molecule has 0 saturated heterocycles. The Morgan fingerprint density at radius 1 is 1.33 bits per heavy atom. The number of aromatic nitrogens is 2. The zero-order valence-corrected chi connectivity index (χ0v) is 12.7. The van der Waals surface area contributed by atoms with Crippen molar-refractivity contribution in [2.24, 2.45) is 5.92 Å². The van der Waals surface area contributed by atoms with Crippen molar-refractivity contribution in [3.63, 3.8) is 0 Å². The molecule has 0 amide bonds. The van der Waals surface area contributed by atoms with Crippen molar-refractivity contribution < 1.29 is 9.90 Å². The minimum atomic E-state index is -0.996. The van der Waals surface area contributed by atoms with Crippen LogP contribution in [0.1, 0.15) is 29.9 Å². The van der Waals surface area contributed by atoms with Crippen LogP contribution in [0.2, 0.25) is 0 Å². The van der Waals surface area contributed by atoms with Crippen molar-refractivity contribution in [3.8, 4) is 11.3 Å². The lowest BCUT2D eigenvalue weighted by Crippen LogP contribution is -1.95. The van der Waals surface area contributed by atoms with Gasteiger partial charge in [0.05, 0.1) is 5.69 Å². The predicted octanol–water partition coefficient (Wildman–Crippen LogP) is 3.96. The summed E-state index contributed by atoms with van der Waals surface area (Å²) in [6.45, 7) is 4.41. The van der Waals surface area contributed by atoms with Crippen molar-refractivity contribution in [1.29, 1.82) is 0 Å². The number of hydrogen-bond acceptors (Lipinski definition) is 3. The highest BCUT2D eigenvalue weighted by atomic mass is 32.1. The van der Waals surface area contributed by atoms with Crippen molar-refractivity contribution in [2.45, 2.75) is 20.3 Å². The Morgan fingerprint density at radius 2 is 2.05 bits per heavy atom. The quantitative estimate of drug-likeness (QED) is 0.793. The summed E-state index contributed by atoms with van der Waals surface area (Å²) in [5.41, 5.74) is 3.45. The molecule has 4 nitrogen and oxygen atoms in total. The van der Waals surface area contributed by atoms with Crippen LogP contribution in [0.25, 0.3) is 16.2 Å². The molecule has 0 aliphatic heterocycles. The molecule has 1 aromatic carbocycles. The lowest BCUT2D eigenvalue weighted by molar-refractivity contribution is 0.0691. The number of benzene rings is 1. The highest BCUT2D eigenvalue weighted by Gasteiger charge is 2.13. The van der Waals surface area contributed by atoms with Crippen molar-refractivity contribution in [2.75, 3.05) is 0 Å². The van der Waals surface area contributed by atoms with Crippen molar-refractivity contribution in [1.82, 2.24) is 9.38 Å². The third-order valence-corrected chi connectivity index (χ3v) is 4.16. The summed E-state index contributed by atoms with van der Waals surface area (Å²) in [5.74, 6) is -0.361. The second kappa shape index (κ2) is 5.33. The number of thiazole rings is 1. The van der Waals surface area contributed by atoms with E-state index in [4.69, 9.17) is 5.11 Å². The molecule has 0 aliphatic rings. The lowest BCUT2D eigenvalue weighted by atomic mass is 10.0. The van der Waals surface area contributed by atoms with E-state index in [-0.39, 0.29) is 5.69 Å². The molecule has 0 unspecified atom stereocenters. The Bertz CT molecular complexity index is 784. The number of nitrogens with zero attached hydrogens (tertiary/aromatic N) is 2. The van der Waals surface area contributed by atoms with Crippen LogP contribution in [0, 0.1) is 5.92 Å². The molecular formula is C16H16N2O2S. The highest BCUT2D eigenvalue weighted by molar-refractivity contribution is 7.15. The van der Waals surface area contributed by atoms with Gasteiger partial charge >= 0.3 is 5.97 Å². The first-order chi connectivity index (χ1) is 10.0. The summed E-state index contributed by atoms with van der Waals surface area (Å²) in [6.07, 6.45) is 2.64. The third-order valence-electron chi connectivity index (χ3n) is 3.32. The molecule has 5 heteroatoms. The first kappa shape index (κ1) is 13.8. The molecule has 0 fully saturated rings. The van der Waals surface area contributed by atoms with Gasteiger partial charge in [-0.2, -0.15) is 0 Å². The summed E-state index contributed by atoms with van der Waals surface area (Å²) in [4.78, 5) is 15.8. The van der Waals surface area contributed by atoms with E-state index < -0.39 is 5.97 Å². The number of carboxylic acid groups (broad SMARTS) is 1. The fourth-order valence-electron chi connectivity index (χ4n) is 2.38. The molecule has 0 spiro atoms. The maximum atomic E-state index is 11.0. The van der Waals surface area contributed by atoms with Crippen LogP contribution >= 0.6 is 11.3 Å². The van der Waals surface area contributed by atoms with E-state index in [1.807, 2.05) is 9.78 Å². The number of hydrogen-bond donors (Lipinski definition) is 1. The van der Waals surface area contributed by atoms with Crippen LogP contribution in [0.5, 0.6) is 0 Å². The van der Waals surface area contributed by atoms with E-state index in [2.05, 4.69) is 43.1 Å². The average molecular weight is 300 g/mol. The van der Waals surface area contributed by atoms with Gasteiger partial charge in [-0.3, -0.25) is 4.40 Å². The van der Waals surface area contributed by atoms with E-state index in [1.165, 1.54) is 16.9 Å². The van der Waals surface area contributed by atoms with Crippen molar-refractivity contribution >= 4 is 22.3 Å². The predicted molar refractivity (Wildman–Crippen MR) is 84.0 cm³/mol. The Hall–Kier alpha value is -2.14. The van der Waals surface area contributed by atoms with Crippen LogP contribution in [0.3, 0.4) is 0 Å². The number of aromatic carboxylic acids is 1. The van der Waals surface area contributed by atoms with E-state index in [1.54, 1.807) is 6.20 Å². The monoisotopic (exact) mass is 300 g/mol.